The van der Waals surface area contributed by atoms with Crippen molar-refractivity contribution in [3.05, 3.63) is 100 Å². The minimum atomic E-state index is -0.129. The smallest absolute Gasteiger partial charge is 0.243 e. The van der Waals surface area contributed by atoms with Crippen LogP contribution < -0.4 is 4.74 Å². The number of ether oxygens (including phenoxy) is 1. The Morgan fingerprint density at radius 3 is 2.61 bits per heavy atom. The standard InChI is InChI=1S/C27H28N2O3S/c1-3-15-28(25(30)18-20-9-11-22(32-2)12-10-20)19-26(31)29-16-13-24-23(14-17-33-24)27(29)21-7-5-4-6-8-21/h3-12,14,17,27H,1,13,15-16,18-19H2,2H3. The second-order valence-electron chi connectivity index (χ2n) is 8.04. The SMILES string of the molecule is C=CCN(CC(=O)N1CCc2sccc2C1c1ccccc1)C(=O)Cc1ccc(OC)cc1. The van der Waals surface area contributed by atoms with Crippen LogP contribution >= 0.6 is 11.3 Å². The number of fused-ring (bicyclic) bond motifs is 1. The van der Waals surface area contributed by atoms with Crippen molar-refractivity contribution in [2.75, 3.05) is 26.7 Å². The Kier molecular flexibility index (Phi) is 7.25. The normalized spacial score (nSPS) is 14.9. The largest absolute Gasteiger partial charge is 0.497 e. The maximum absolute atomic E-state index is 13.5. The van der Waals surface area contributed by atoms with E-state index in [1.807, 2.05) is 47.4 Å². The van der Waals surface area contributed by atoms with Gasteiger partial charge in [-0.2, -0.15) is 0 Å². The van der Waals surface area contributed by atoms with Gasteiger partial charge in [-0.3, -0.25) is 9.59 Å². The highest BCUT2D eigenvalue weighted by Crippen LogP contribution is 2.37. The third kappa shape index (κ3) is 5.17. The van der Waals surface area contributed by atoms with Crippen LogP contribution in [0.4, 0.5) is 0 Å². The molecule has 0 fully saturated rings. The quantitative estimate of drug-likeness (QED) is 0.466. The van der Waals surface area contributed by atoms with Crippen molar-refractivity contribution in [3.63, 3.8) is 0 Å². The molecule has 0 radical (unpaired) electrons. The third-order valence-corrected chi connectivity index (χ3v) is 6.94. The van der Waals surface area contributed by atoms with Gasteiger partial charge in [0.1, 0.15) is 12.3 Å². The topological polar surface area (TPSA) is 49.9 Å². The molecule has 1 atom stereocenters. The number of thiophene rings is 1. The van der Waals surface area contributed by atoms with Gasteiger partial charge >= 0.3 is 0 Å². The first-order valence-electron chi connectivity index (χ1n) is 11.0. The average molecular weight is 461 g/mol. The molecule has 2 aromatic carbocycles. The molecule has 1 aliphatic heterocycles. The Hall–Kier alpha value is -3.38. The summed E-state index contributed by atoms with van der Waals surface area (Å²) in [5.74, 6) is 0.595. The van der Waals surface area contributed by atoms with E-state index in [1.165, 1.54) is 10.4 Å². The van der Waals surface area contributed by atoms with Gasteiger partial charge in [-0.05, 0) is 46.7 Å². The highest BCUT2D eigenvalue weighted by atomic mass is 32.1. The molecule has 4 rings (SSSR count). The fourth-order valence-corrected chi connectivity index (χ4v) is 5.18. The summed E-state index contributed by atoms with van der Waals surface area (Å²) >= 11 is 1.74. The summed E-state index contributed by atoms with van der Waals surface area (Å²) in [6, 6.07) is 19.5. The van der Waals surface area contributed by atoms with Gasteiger partial charge in [0, 0.05) is 18.0 Å². The minimum absolute atomic E-state index is 0.0316. The molecule has 0 N–H and O–H groups in total. The predicted octanol–water partition coefficient (Wildman–Crippen LogP) is 4.49. The Labute approximate surface area is 198 Å². The van der Waals surface area contributed by atoms with E-state index in [9.17, 15) is 9.59 Å². The van der Waals surface area contributed by atoms with E-state index in [2.05, 4.69) is 30.2 Å². The van der Waals surface area contributed by atoms with Crippen LogP contribution in [0.15, 0.2) is 78.7 Å². The van der Waals surface area contributed by atoms with Crippen molar-refractivity contribution in [2.24, 2.45) is 0 Å². The molecule has 0 spiro atoms. The first-order valence-corrected chi connectivity index (χ1v) is 11.9. The van der Waals surface area contributed by atoms with Crippen LogP contribution in [-0.2, 0) is 22.4 Å². The number of rotatable bonds is 8. The Balaban J connectivity index is 1.52. The first kappa shape index (κ1) is 22.8. The lowest BCUT2D eigenvalue weighted by atomic mass is 9.93. The molecule has 170 valence electrons. The summed E-state index contributed by atoms with van der Waals surface area (Å²) in [6.45, 7) is 4.78. The molecule has 1 aromatic heterocycles. The highest BCUT2D eigenvalue weighted by Gasteiger charge is 2.33. The molecule has 0 saturated heterocycles. The molecule has 0 aliphatic carbocycles. The van der Waals surface area contributed by atoms with Gasteiger partial charge in [-0.25, -0.2) is 0 Å². The van der Waals surface area contributed by atoms with Crippen molar-refractivity contribution < 1.29 is 14.3 Å². The van der Waals surface area contributed by atoms with Crippen molar-refractivity contribution in [1.29, 1.82) is 0 Å². The third-order valence-electron chi connectivity index (χ3n) is 5.94. The maximum Gasteiger partial charge on any atom is 0.243 e. The number of hydrogen-bond acceptors (Lipinski definition) is 4. The molecule has 33 heavy (non-hydrogen) atoms. The average Bonchev–Trinajstić information content (AvgIpc) is 3.33. The van der Waals surface area contributed by atoms with E-state index in [1.54, 1.807) is 29.4 Å². The zero-order valence-electron chi connectivity index (χ0n) is 18.8. The number of nitrogens with zero attached hydrogens (tertiary/aromatic N) is 2. The summed E-state index contributed by atoms with van der Waals surface area (Å²) in [5, 5.41) is 2.09. The van der Waals surface area contributed by atoms with Crippen molar-refractivity contribution in [2.45, 2.75) is 18.9 Å². The zero-order chi connectivity index (χ0) is 23.2. The zero-order valence-corrected chi connectivity index (χ0v) is 19.6. The van der Waals surface area contributed by atoms with Crippen LogP contribution in [0.3, 0.4) is 0 Å². The van der Waals surface area contributed by atoms with Crippen molar-refractivity contribution in [1.82, 2.24) is 9.80 Å². The summed E-state index contributed by atoms with van der Waals surface area (Å²) < 4.78 is 5.19. The van der Waals surface area contributed by atoms with Gasteiger partial charge < -0.3 is 14.5 Å². The second-order valence-corrected chi connectivity index (χ2v) is 9.04. The van der Waals surface area contributed by atoms with Gasteiger partial charge in [0.15, 0.2) is 0 Å². The molecule has 5 nitrogen and oxygen atoms in total. The summed E-state index contributed by atoms with van der Waals surface area (Å²) in [5.41, 5.74) is 3.15. The molecule has 1 unspecified atom stereocenters. The number of amides is 2. The van der Waals surface area contributed by atoms with Crippen molar-refractivity contribution >= 4 is 23.2 Å². The lowest BCUT2D eigenvalue weighted by Gasteiger charge is -2.37. The lowest BCUT2D eigenvalue weighted by Crippen LogP contribution is -2.47. The van der Waals surface area contributed by atoms with Crippen LogP contribution in [0.5, 0.6) is 5.75 Å². The second kappa shape index (κ2) is 10.5. The maximum atomic E-state index is 13.5. The molecular formula is C27H28N2O3S. The monoisotopic (exact) mass is 460 g/mol. The molecule has 0 saturated carbocycles. The lowest BCUT2D eigenvalue weighted by molar-refractivity contribution is -0.141. The van der Waals surface area contributed by atoms with Crippen LogP contribution in [0.2, 0.25) is 0 Å². The van der Waals surface area contributed by atoms with E-state index < -0.39 is 0 Å². The Bertz CT molecular complexity index is 1110. The molecule has 6 heteroatoms. The van der Waals surface area contributed by atoms with Gasteiger partial charge in [-0.15, -0.1) is 17.9 Å². The Morgan fingerprint density at radius 1 is 1.15 bits per heavy atom. The van der Waals surface area contributed by atoms with E-state index in [-0.39, 0.29) is 30.8 Å². The minimum Gasteiger partial charge on any atom is -0.497 e. The number of hydrogen-bond donors (Lipinski definition) is 0. The van der Waals surface area contributed by atoms with Gasteiger partial charge in [0.25, 0.3) is 0 Å². The number of carbonyl (C=O) groups is 2. The molecule has 3 aromatic rings. The highest BCUT2D eigenvalue weighted by molar-refractivity contribution is 7.10. The Morgan fingerprint density at radius 2 is 1.91 bits per heavy atom. The van der Waals surface area contributed by atoms with E-state index in [0.717, 1.165) is 23.3 Å². The molecule has 1 aliphatic rings. The van der Waals surface area contributed by atoms with Crippen LogP contribution in [0.25, 0.3) is 0 Å². The summed E-state index contributed by atoms with van der Waals surface area (Å²) in [6.07, 6.45) is 2.73. The van der Waals surface area contributed by atoms with E-state index in [0.29, 0.717) is 13.1 Å². The van der Waals surface area contributed by atoms with E-state index in [4.69, 9.17) is 4.74 Å². The fourth-order valence-electron chi connectivity index (χ4n) is 4.27. The predicted molar refractivity (Wildman–Crippen MR) is 131 cm³/mol. The fraction of sp³-hybridized carbons (Fsp3) is 0.259. The van der Waals surface area contributed by atoms with Gasteiger partial charge in [0.2, 0.25) is 11.8 Å². The van der Waals surface area contributed by atoms with Gasteiger partial charge in [-0.1, -0.05) is 48.5 Å². The number of carbonyl (C=O) groups excluding carboxylic acids is 2. The van der Waals surface area contributed by atoms with Crippen LogP contribution in [-0.4, -0.2) is 48.4 Å². The number of methoxy groups -OCH3 is 1. The van der Waals surface area contributed by atoms with Crippen molar-refractivity contribution in [3.8, 4) is 5.75 Å². The summed E-state index contributed by atoms with van der Waals surface area (Å²) in [4.78, 5) is 31.4. The molecule has 2 heterocycles. The number of benzene rings is 2. The van der Waals surface area contributed by atoms with Crippen LogP contribution in [0.1, 0.15) is 27.6 Å². The van der Waals surface area contributed by atoms with Crippen LogP contribution in [0, 0.1) is 0 Å². The van der Waals surface area contributed by atoms with Gasteiger partial charge in [0.05, 0.1) is 19.6 Å². The first-order chi connectivity index (χ1) is 16.1. The summed E-state index contributed by atoms with van der Waals surface area (Å²) in [7, 11) is 1.61. The van der Waals surface area contributed by atoms with E-state index >= 15 is 0 Å². The molecule has 2 amide bonds. The molecule has 0 bridgehead atoms. The molecular weight excluding hydrogens is 432 g/mol.